The molecule has 0 aromatic heterocycles. The first-order valence-corrected chi connectivity index (χ1v) is 6.36. The van der Waals surface area contributed by atoms with Gasteiger partial charge >= 0.3 is 0 Å². The summed E-state index contributed by atoms with van der Waals surface area (Å²) < 4.78 is 0. The topological polar surface area (TPSA) is 56.1 Å². The molecule has 1 aliphatic rings. The van der Waals surface area contributed by atoms with Crippen molar-refractivity contribution in [3.05, 3.63) is 53.6 Å². The molecule has 4 nitrogen and oxygen atoms in total. The van der Waals surface area contributed by atoms with Crippen LogP contribution < -0.4 is 10.2 Å². The van der Waals surface area contributed by atoms with E-state index in [1.807, 2.05) is 36.1 Å². The number of hydrogen-bond donors (Lipinski definition) is 1. The van der Waals surface area contributed by atoms with Crippen LogP contribution in [0.3, 0.4) is 0 Å². The number of anilines is 3. The monoisotopic (exact) mass is 263 g/mol. The Morgan fingerprint density at radius 3 is 2.75 bits per heavy atom. The largest absolute Gasteiger partial charge is 0.330 e. The SMILES string of the molecule is Cc1ccccc1N1CC(=O)Nc2ccc(C#N)cc21. The van der Waals surface area contributed by atoms with Gasteiger partial charge in [-0.05, 0) is 36.8 Å². The van der Waals surface area contributed by atoms with Crippen LogP contribution in [0.2, 0.25) is 0 Å². The van der Waals surface area contributed by atoms with Gasteiger partial charge in [-0.15, -0.1) is 0 Å². The van der Waals surface area contributed by atoms with Crippen molar-refractivity contribution in [1.29, 1.82) is 5.26 Å². The van der Waals surface area contributed by atoms with Gasteiger partial charge in [0.2, 0.25) is 5.91 Å². The number of para-hydroxylation sites is 1. The summed E-state index contributed by atoms with van der Waals surface area (Å²) in [6, 6.07) is 15.3. The summed E-state index contributed by atoms with van der Waals surface area (Å²) in [6.45, 7) is 2.27. The van der Waals surface area contributed by atoms with E-state index in [9.17, 15) is 4.79 Å². The minimum absolute atomic E-state index is 0.0505. The zero-order chi connectivity index (χ0) is 14.1. The van der Waals surface area contributed by atoms with Gasteiger partial charge in [0, 0.05) is 5.69 Å². The van der Waals surface area contributed by atoms with E-state index < -0.39 is 0 Å². The van der Waals surface area contributed by atoms with E-state index in [0.29, 0.717) is 5.56 Å². The average Bonchev–Trinajstić information content (AvgIpc) is 2.46. The fourth-order valence-corrected chi connectivity index (χ4v) is 2.43. The summed E-state index contributed by atoms with van der Waals surface area (Å²) in [5.41, 5.74) is 4.26. The molecule has 0 bridgehead atoms. The van der Waals surface area contributed by atoms with Gasteiger partial charge in [0.25, 0.3) is 0 Å². The molecule has 0 saturated carbocycles. The van der Waals surface area contributed by atoms with Crippen molar-refractivity contribution in [3.8, 4) is 6.07 Å². The van der Waals surface area contributed by atoms with Crippen LogP contribution in [0.15, 0.2) is 42.5 Å². The van der Waals surface area contributed by atoms with Gasteiger partial charge in [-0.1, -0.05) is 18.2 Å². The molecule has 20 heavy (non-hydrogen) atoms. The lowest BCUT2D eigenvalue weighted by Gasteiger charge is -2.32. The third-order valence-electron chi connectivity index (χ3n) is 3.40. The lowest BCUT2D eigenvalue weighted by atomic mass is 10.1. The molecule has 2 aromatic rings. The Hall–Kier alpha value is -2.80. The summed E-state index contributed by atoms with van der Waals surface area (Å²) in [7, 11) is 0. The summed E-state index contributed by atoms with van der Waals surface area (Å²) in [4.78, 5) is 13.8. The quantitative estimate of drug-likeness (QED) is 0.860. The van der Waals surface area contributed by atoms with Crippen LogP contribution in [0.5, 0.6) is 0 Å². The van der Waals surface area contributed by atoms with Crippen molar-refractivity contribution in [1.82, 2.24) is 0 Å². The summed E-state index contributed by atoms with van der Waals surface area (Å²) in [5.74, 6) is -0.0505. The zero-order valence-electron chi connectivity index (χ0n) is 11.1. The number of nitriles is 1. The molecular formula is C16H13N3O. The number of nitrogens with one attached hydrogen (secondary N) is 1. The van der Waals surface area contributed by atoms with E-state index in [1.54, 1.807) is 18.2 Å². The number of hydrogen-bond acceptors (Lipinski definition) is 3. The number of amides is 1. The molecule has 1 aliphatic heterocycles. The summed E-state index contributed by atoms with van der Waals surface area (Å²) >= 11 is 0. The maximum Gasteiger partial charge on any atom is 0.244 e. The molecule has 2 aromatic carbocycles. The molecule has 0 aliphatic carbocycles. The second kappa shape index (κ2) is 4.71. The zero-order valence-corrected chi connectivity index (χ0v) is 11.1. The Bertz CT molecular complexity index is 731. The predicted molar refractivity (Wildman–Crippen MR) is 78.0 cm³/mol. The fraction of sp³-hybridized carbons (Fsp3) is 0.125. The van der Waals surface area contributed by atoms with Gasteiger partial charge in [0.15, 0.2) is 0 Å². The third kappa shape index (κ3) is 1.99. The van der Waals surface area contributed by atoms with Crippen molar-refractivity contribution < 1.29 is 4.79 Å². The van der Waals surface area contributed by atoms with E-state index in [4.69, 9.17) is 5.26 Å². The van der Waals surface area contributed by atoms with Gasteiger partial charge in [-0.2, -0.15) is 5.26 Å². The molecule has 1 N–H and O–H groups in total. The van der Waals surface area contributed by atoms with Crippen LogP contribution in [0.1, 0.15) is 11.1 Å². The fourth-order valence-electron chi connectivity index (χ4n) is 2.43. The van der Waals surface area contributed by atoms with Gasteiger partial charge in [0.1, 0.15) is 6.54 Å². The Balaban J connectivity index is 2.17. The minimum atomic E-state index is -0.0505. The molecule has 0 radical (unpaired) electrons. The number of nitrogens with zero attached hydrogens (tertiary/aromatic N) is 2. The van der Waals surface area contributed by atoms with E-state index in [-0.39, 0.29) is 12.5 Å². The molecule has 0 fully saturated rings. The minimum Gasteiger partial charge on any atom is -0.330 e. The number of aryl methyl sites for hydroxylation is 1. The normalized spacial score (nSPS) is 13.4. The molecular weight excluding hydrogens is 250 g/mol. The Labute approximate surface area is 117 Å². The Kier molecular flexibility index (Phi) is 2.88. The standard InChI is InChI=1S/C16H13N3O/c1-11-4-2-3-5-14(11)19-10-16(20)18-13-7-6-12(9-17)8-15(13)19/h2-8H,10H2,1H3,(H,18,20). The number of rotatable bonds is 1. The first-order valence-electron chi connectivity index (χ1n) is 6.36. The van der Waals surface area contributed by atoms with Crippen LogP contribution in [0.4, 0.5) is 17.1 Å². The predicted octanol–water partition coefficient (Wildman–Crippen LogP) is 2.96. The highest BCUT2D eigenvalue weighted by Gasteiger charge is 2.24. The van der Waals surface area contributed by atoms with Crippen LogP contribution in [0, 0.1) is 18.3 Å². The van der Waals surface area contributed by atoms with Crippen LogP contribution in [0.25, 0.3) is 0 Å². The summed E-state index contributed by atoms with van der Waals surface area (Å²) in [6.07, 6.45) is 0. The maximum absolute atomic E-state index is 11.9. The molecule has 3 rings (SSSR count). The van der Waals surface area contributed by atoms with Crippen LogP contribution in [-0.4, -0.2) is 12.5 Å². The first-order chi connectivity index (χ1) is 9.69. The molecule has 98 valence electrons. The van der Waals surface area contributed by atoms with Crippen molar-refractivity contribution in [2.45, 2.75) is 6.92 Å². The van der Waals surface area contributed by atoms with Crippen LogP contribution in [-0.2, 0) is 4.79 Å². The van der Waals surface area contributed by atoms with Crippen molar-refractivity contribution in [2.75, 3.05) is 16.8 Å². The van der Waals surface area contributed by atoms with Gasteiger partial charge in [0.05, 0.1) is 23.0 Å². The molecule has 0 spiro atoms. The first kappa shape index (κ1) is 12.2. The number of benzene rings is 2. The molecule has 0 atom stereocenters. The molecule has 1 heterocycles. The van der Waals surface area contributed by atoms with Crippen molar-refractivity contribution in [2.24, 2.45) is 0 Å². The highest BCUT2D eigenvalue weighted by molar-refractivity contribution is 6.03. The highest BCUT2D eigenvalue weighted by Crippen LogP contribution is 2.36. The smallest absolute Gasteiger partial charge is 0.244 e. The highest BCUT2D eigenvalue weighted by atomic mass is 16.2. The van der Waals surface area contributed by atoms with E-state index >= 15 is 0 Å². The second-order valence-corrected chi connectivity index (χ2v) is 4.76. The lowest BCUT2D eigenvalue weighted by Crippen LogP contribution is -2.35. The molecule has 4 heteroatoms. The number of carbonyl (C=O) groups is 1. The Morgan fingerprint density at radius 1 is 1.20 bits per heavy atom. The van der Waals surface area contributed by atoms with Gasteiger partial charge in [-0.3, -0.25) is 4.79 Å². The lowest BCUT2D eigenvalue weighted by molar-refractivity contribution is -0.115. The summed E-state index contributed by atoms with van der Waals surface area (Å²) in [5, 5.41) is 11.9. The van der Waals surface area contributed by atoms with Crippen molar-refractivity contribution >= 4 is 23.0 Å². The Morgan fingerprint density at radius 2 is 2.00 bits per heavy atom. The molecule has 0 unspecified atom stereocenters. The van der Waals surface area contributed by atoms with Crippen LogP contribution >= 0.6 is 0 Å². The van der Waals surface area contributed by atoms with Gasteiger partial charge < -0.3 is 10.2 Å². The van der Waals surface area contributed by atoms with Gasteiger partial charge in [-0.25, -0.2) is 0 Å². The molecule has 0 saturated heterocycles. The number of carbonyl (C=O) groups excluding carboxylic acids is 1. The maximum atomic E-state index is 11.9. The molecule has 1 amide bonds. The van der Waals surface area contributed by atoms with Crippen molar-refractivity contribution in [3.63, 3.8) is 0 Å². The average molecular weight is 263 g/mol. The van der Waals surface area contributed by atoms with E-state index in [1.165, 1.54) is 0 Å². The second-order valence-electron chi connectivity index (χ2n) is 4.76. The number of fused-ring (bicyclic) bond motifs is 1. The van der Waals surface area contributed by atoms with E-state index in [0.717, 1.165) is 22.6 Å². The third-order valence-corrected chi connectivity index (χ3v) is 3.40. The van der Waals surface area contributed by atoms with E-state index in [2.05, 4.69) is 11.4 Å².